The van der Waals surface area contributed by atoms with Crippen LogP contribution in [-0.4, -0.2) is 28.7 Å². The Morgan fingerprint density at radius 2 is 1.97 bits per heavy atom. The number of nitrogens with one attached hydrogen (secondary N) is 2. The molecule has 8 heteroatoms. The van der Waals surface area contributed by atoms with Gasteiger partial charge in [-0.25, -0.2) is 0 Å². The second-order valence-corrected chi connectivity index (χ2v) is 7.34. The van der Waals surface area contributed by atoms with Crippen LogP contribution in [0.15, 0.2) is 36.5 Å². The molecule has 0 saturated heterocycles. The van der Waals surface area contributed by atoms with E-state index < -0.39 is 17.8 Å². The Morgan fingerprint density at radius 3 is 2.63 bits per heavy atom. The van der Waals surface area contributed by atoms with E-state index in [0.29, 0.717) is 36.2 Å². The summed E-state index contributed by atoms with van der Waals surface area (Å²) in [4.78, 5) is 15.3. The first-order chi connectivity index (χ1) is 14.3. The zero-order valence-corrected chi connectivity index (χ0v) is 15.8. The number of anilines is 1. The molecular formula is C22H19F3N2O3. The average Bonchev–Trinajstić information content (AvgIpc) is 3.07. The van der Waals surface area contributed by atoms with Crippen LogP contribution in [0.3, 0.4) is 0 Å². The predicted octanol–water partition coefficient (Wildman–Crippen LogP) is 4.12. The molecule has 3 N–H and O–H groups in total. The van der Waals surface area contributed by atoms with Crippen molar-refractivity contribution in [3.8, 4) is 5.75 Å². The molecule has 0 radical (unpaired) electrons. The monoisotopic (exact) mass is 416 g/mol. The fourth-order valence-electron chi connectivity index (χ4n) is 3.33. The molecule has 156 valence electrons. The van der Waals surface area contributed by atoms with Crippen LogP contribution < -0.4 is 10.1 Å². The van der Waals surface area contributed by atoms with Gasteiger partial charge in [-0.05, 0) is 49.2 Å². The Bertz CT molecular complexity index is 1040. The Kier molecular flexibility index (Phi) is 5.31. The lowest BCUT2D eigenvalue weighted by Gasteiger charge is -2.29. The number of rotatable bonds is 6. The van der Waals surface area contributed by atoms with Gasteiger partial charge in [0.1, 0.15) is 5.75 Å². The third-order valence-electron chi connectivity index (χ3n) is 5.15. The summed E-state index contributed by atoms with van der Waals surface area (Å²) in [7, 11) is 0. The Labute approximate surface area is 170 Å². The van der Waals surface area contributed by atoms with Crippen molar-refractivity contribution in [3.05, 3.63) is 59.8 Å². The Hall–Kier alpha value is -3.18. The molecule has 4 rings (SSSR count). The summed E-state index contributed by atoms with van der Waals surface area (Å²) in [6.07, 6.45) is -1.67. The van der Waals surface area contributed by atoms with Gasteiger partial charge in [-0.3, -0.25) is 4.79 Å². The number of ether oxygens (including phenoxy) is 1. The standard InChI is InChI=1S/C22H19F3N2O3/c23-22(24,25)15-2-4-17(5-3-15)30-8-7-13-1-6-19-18(9-13)20(12-26-19)27-21(29)14-10-16(28)11-14/h2-5,9,12,14,16,26,28H,7-8,10-11H2,(H,27,29). The van der Waals surface area contributed by atoms with Gasteiger partial charge in [0.15, 0.2) is 0 Å². The lowest BCUT2D eigenvalue weighted by atomic mass is 9.82. The third kappa shape index (κ3) is 4.36. The lowest BCUT2D eigenvalue weighted by molar-refractivity contribution is -0.137. The summed E-state index contributed by atoms with van der Waals surface area (Å²) in [6, 6.07) is 12.4. The van der Waals surface area contributed by atoms with Crippen LogP contribution in [0.25, 0.3) is 10.9 Å². The van der Waals surface area contributed by atoms with Gasteiger partial charge in [-0.1, -0.05) is 6.07 Å². The highest BCUT2D eigenvalue weighted by atomic mass is 19.4. The Balaban J connectivity index is 1.37. The highest BCUT2D eigenvalue weighted by Crippen LogP contribution is 2.31. The number of carbonyl (C=O) groups excluding carboxylic acids is 1. The molecule has 1 amide bonds. The maximum absolute atomic E-state index is 12.6. The van der Waals surface area contributed by atoms with E-state index in [1.165, 1.54) is 12.1 Å². The number of hydrogen-bond donors (Lipinski definition) is 3. The number of halogens is 3. The fourth-order valence-corrected chi connectivity index (χ4v) is 3.33. The number of H-pyrrole nitrogens is 1. The van der Waals surface area contributed by atoms with Crippen molar-refractivity contribution >= 4 is 22.5 Å². The number of amides is 1. The molecule has 1 aliphatic rings. The number of alkyl halides is 3. The molecule has 0 spiro atoms. The molecule has 3 aromatic rings. The quantitative estimate of drug-likeness (QED) is 0.566. The van der Waals surface area contributed by atoms with Crippen molar-refractivity contribution in [1.29, 1.82) is 0 Å². The van der Waals surface area contributed by atoms with Crippen LogP contribution in [0.1, 0.15) is 24.0 Å². The van der Waals surface area contributed by atoms with Crippen molar-refractivity contribution in [1.82, 2.24) is 4.98 Å². The van der Waals surface area contributed by atoms with E-state index in [1.54, 1.807) is 6.20 Å². The molecule has 0 atom stereocenters. The minimum atomic E-state index is -4.37. The normalized spacial score (nSPS) is 18.5. The van der Waals surface area contributed by atoms with E-state index in [-0.39, 0.29) is 18.4 Å². The van der Waals surface area contributed by atoms with E-state index in [4.69, 9.17) is 4.74 Å². The largest absolute Gasteiger partial charge is 0.493 e. The fraction of sp³-hybridized carbons (Fsp3) is 0.318. The van der Waals surface area contributed by atoms with Crippen molar-refractivity contribution in [2.75, 3.05) is 11.9 Å². The van der Waals surface area contributed by atoms with Gasteiger partial charge >= 0.3 is 6.18 Å². The van der Waals surface area contributed by atoms with Crippen molar-refractivity contribution in [2.45, 2.75) is 31.5 Å². The summed E-state index contributed by atoms with van der Waals surface area (Å²) in [6.45, 7) is 0.257. The van der Waals surface area contributed by atoms with E-state index in [1.807, 2.05) is 6.07 Å². The maximum Gasteiger partial charge on any atom is 0.416 e. The molecule has 0 aliphatic heterocycles. The van der Waals surface area contributed by atoms with Crippen molar-refractivity contribution < 1.29 is 27.8 Å². The second-order valence-electron chi connectivity index (χ2n) is 7.34. The van der Waals surface area contributed by atoms with Crippen LogP contribution >= 0.6 is 0 Å². The van der Waals surface area contributed by atoms with Gasteiger partial charge < -0.3 is 20.1 Å². The Morgan fingerprint density at radius 1 is 1.23 bits per heavy atom. The number of aliphatic hydroxyl groups is 1. The molecule has 1 aliphatic carbocycles. The average molecular weight is 416 g/mol. The first kappa shape index (κ1) is 20.1. The number of hydrogen-bond acceptors (Lipinski definition) is 3. The highest BCUT2D eigenvalue weighted by Gasteiger charge is 2.33. The molecule has 1 saturated carbocycles. The van der Waals surface area contributed by atoms with E-state index >= 15 is 0 Å². The van der Waals surface area contributed by atoms with Gasteiger partial charge in [-0.2, -0.15) is 13.2 Å². The molecule has 2 aromatic carbocycles. The zero-order valence-electron chi connectivity index (χ0n) is 15.8. The molecule has 30 heavy (non-hydrogen) atoms. The summed E-state index contributed by atoms with van der Waals surface area (Å²) < 4.78 is 43.3. The van der Waals surface area contributed by atoms with Crippen molar-refractivity contribution in [3.63, 3.8) is 0 Å². The minimum Gasteiger partial charge on any atom is -0.493 e. The first-order valence-electron chi connectivity index (χ1n) is 9.52. The number of aromatic amines is 1. The summed E-state index contributed by atoms with van der Waals surface area (Å²) in [5, 5.41) is 13.0. The van der Waals surface area contributed by atoms with Gasteiger partial charge in [0.05, 0.1) is 29.5 Å². The van der Waals surface area contributed by atoms with Gasteiger partial charge in [0.25, 0.3) is 0 Å². The SMILES string of the molecule is O=C(Nc1c[nH]c2c#cc(CCOc3ccc(C(F)(F)F)cc3)cc12)C1CC(O)C1. The predicted molar refractivity (Wildman–Crippen MR) is 104 cm³/mol. The van der Waals surface area contributed by atoms with Gasteiger partial charge in [-0.15, -0.1) is 0 Å². The van der Waals surface area contributed by atoms with E-state index in [0.717, 1.165) is 23.1 Å². The van der Waals surface area contributed by atoms with E-state index in [2.05, 4.69) is 22.4 Å². The van der Waals surface area contributed by atoms with Crippen LogP contribution in [0.2, 0.25) is 0 Å². The summed E-state index contributed by atoms with van der Waals surface area (Å²) in [5.74, 6) is 0.0485. The van der Waals surface area contributed by atoms with Crippen LogP contribution in [-0.2, 0) is 17.4 Å². The molecule has 1 fully saturated rings. The van der Waals surface area contributed by atoms with Crippen LogP contribution in [0.4, 0.5) is 18.9 Å². The van der Waals surface area contributed by atoms with Crippen molar-refractivity contribution in [2.24, 2.45) is 5.92 Å². The minimum absolute atomic E-state index is 0.124. The summed E-state index contributed by atoms with van der Waals surface area (Å²) >= 11 is 0. The topological polar surface area (TPSA) is 74.4 Å². The molecule has 0 unspecified atom stereocenters. The molecular weight excluding hydrogens is 397 g/mol. The second kappa shape index (κ2) is 7.92. The lowest BCUT2D eigenvalue weighted by Crippen LogP contribution is -2.37. The zero-order chi connectivity index (χ0) is 21.3. The molecule has 0 bridgehead atoms. The summed E-state index contributed by atoms with van der Waals surface area (Å²) in [5.41, 5.74) is 1.41. The molecule has 1 aromatic heterocycles. The first-order valence-corrected chi connectivity index (χ1v) is 9.52. The number of fused-ring (bicyclic) bond motifs is 1. The number of carbonyl (C=O) groups is 1. The van der Waals surface area contributed by atoms with Crippen LogP contribution in [0.5, 0.6) is 5.75 Å². The van der Waals surface area contributed by atoms with Gasteiger partial charge in [0, 0.05) is 29.5 Å². The number of aromatic nitrogens is 1. The number of benzene rings is 1. The molecule has 1 heterocycles. The van der Waals surface area contributed by atoms with Crippen LogP contribution in [0, 0.1) is 18.1 Å². The van der Waals surface area contributed by atoms with Gasteiger partial charge in [0.2, 0.25) is 5.91 Å². The number of aliphatic hydroxyl groups excluding tert-OH is 1. The third-order valence-corrected chi connectivity index (χ3v) is 5.15. The van der Waals surface area contributed by atoms with E-state index in [9.17, 15) is 23.1 Å². The molecule has 5 nitrogen and oxygen atoms in total. The highest BCUT2D eigenvalue weighted by molar-refractivity contribution is 6.02. The smallest absolute Gasteiger partial charge is 0.416 e. The maximum atomic E-state index is 12.6.